The topological polar surface area (TPSA) is 68.5 Å². The first-order chi connectivity index (χ1) is 9.20. The number of nitrogens with zero attached hydrogens (tertiary/aromatic N) is 2. The first-order valence-electron chi connectivity index (χ1n) is 6.83. The van der Waals surface area contributed by atoms with Crippen molar-refractivity contribution in [2.24, 2.45) is 0 Å². The highest BCUT2D eigenvalue weighted by atomic mass is 16.5. The van der Waals surface area contributed by atoms with Gasteiger partial charge in [-0.3, -0.25) is 9.78 Å². The Hall–Kier alpha value is -1.62. The fourth-order valence-electron chi connectivity index (χ4n) is 2.27. The van der Waals surface area contributed by atoms with Crippen molar-refractivity contribution in [3.63, 3.8) is 0 Å². The van der Waals surface area contributed by atoms with E-state index in [4.69, 9.17) is 10.5 Å². The number of nitrogens with two attached hydrogens (primary N) is 1. The predicted molar refractivity (Wildman–Crippen MR) is 73.8 cm³/mol. The van der Waals surface area contributed by atoms with Crippen molar-refractivity contribution in [2.45, 2.75) is 32.3 Å². The average molecular weight is 263 g/mol. The quantitative estimate of drug-likeness (QED) is 0.897. The maximum Gasteiger partial charge on any atom is 0.272 e. The number of anilines is 1. The van der Waals surface area contributed by atoms with Crippen LogP contribution in [0, 0.1) is 0 Å². The number of pyridine rings is 1. The zero-order valence-corrected chi connectivity index (χ0v) is 11.3. The van der Waals surface area contributed by atoms with E-state index < -0.39 is 0 Å². The summed E-state index contributed by atoms with van der Waals surface area (Å²) in [5.41, 5.74) is 6.66. The predicted octanol–water partition coefficient (Wildman–Crippen LogP) is 1.70. The van der Waals surface area contributed by atoms with Crippen LogP contribution in [0.15, 0.2) is 18.3 Å². The van der Waals surface area contributed by atoms with Gasteiger partial charge in [-0.15, -0.1) is 0 Å². The Bertz CT molecular complexity index is 436. The molecule has 1 atom stereocenters. The minimum absolute atomic E-state index is 0.0582. The Morgan fingerprint density at radius 1 is 1.63 bits per heavy atom. The molecule has 0 spiro atoms. The van der Waals surface area contributed by atoms with Gasteiger partial charge in [-0.1, -0.05) is 6.92 Å². The number of hydrogen-bond donors (Lipinski definition) is 1. The van der Waals surface area contributed by atoms with Crippen LogP contribution in [0.3, 0.4) is 0 Å². The molecule has 19 heavy (non-hydrogen) atoms. The molecule has 1 saturated heterocycles. The smallest absolute Gasteiger partial charge is 0.272 e. The molecule has 2 heterocycles. The van der Waals surface area contributed by atoms with E-state index in [0.29, 0.717) is 17.9 Å². The summed E-state index contributed by atoms with van der Waals surface area (Å²) >= 11 is 0. The van der Waals surface area contributed by atoms with Crippen LogP contribution >= 0.6 is 0 Å². The summed E-state index contributed by atoms with van der Waals surface area (Å²) in [6, 6.07) is 3.30. The lowest BCUT2D eigenvalue weighted by molar-refractivity contribution is 0.00193. The van der Waals surface area contributed by atoms with Crippen LogP contribution in [0.5, 0.6) is 0 Å². The SMILES string of the molecule is CCCOC1CCCN(C(=O)c2cc(N)ccn2)C1. The van der Waals surface area contributed by atoms with E-state index in [1.54, 1.807) is 18.3 Å². The number of hydrogen-bond acceptors (Lipinski definition) is 4. The van der Waals surface area contributed by atoms with E-state index >= 15 is 0 Å². The Labute approximate surface area is 113 Å². The van der Waals surface area contributed by atoms with Crippen LogP contribution in [0.4, 0.5) is 5.69 Å². The summed E-state index contributed by atoms with van der Waals surface area (Å²) in [5.74, 6) is -0.0582. The lowest BCUT2D eigenvalue weighted by atomic mass is 10.1. The Morgan fingerprint density at radius 2 is 2.47 bits per heavy atom. The number of likely N-dealkylation sites (tertiary alicyclic amines) is 1. The Morgan fingerprint density at radius 3 is 3.21 bits per heavy atom. The summed E-state index contributed by atoms with van der Waals surface area (Å²) in [5, 5.41) is 0. The molecule has 0 aliphatic carbocycles. The maximum absolute atomic E-state index is 12.3. The molecule has 1 aromatic rings. The van der Waals surface area contributed by atoms with Gasteiger partial charge in [0.1, 0.15) is 5.69 Å². The number of rotatable bonds is 4. The fourth-order valence-corrected chi connectivity index (χ4v) is 2.27. The highest BCUT2D eigenvalue weighted by Crippen LogP contribution is 2.16. The molecule has 1 aromatic heterocycles. The van der Waals surface area contributed by atoms with Crippen LogP contribution in [-0.4, -0.2) is 41.6 Å². The van der Waals surface area contributed by atoms with Crippen LogP contribution < -0.4 is 5.73 Å². The Kier molecular flexibility index (Phi) is 4.74. The monoisotopic (exact) mass is 263 g/mol. The second kappa shape index (κ2) is 6.52. The van der Waals surface area contributed by atoms with E-state index in [1.165, 1.54) is 0 Å². The van der Waals surface area contributed by atoms with Gasteiger partial charge in [0.25, 0.3) is 5.91 Å². The van der Waals surface area contributed by atoms with Gasteiger partial charge >= 0.3 is 0 Å². The summed E-state index contributed by atoms with van der Waals surface area (Å²) in [6.45, 7) is 4.25. The molecule has 0 bridgehead atoms. The largest absolute Gasteiger partial charge is 0.399 e. The minimum atomic E-state index is -0.0582. The summed E-state index contributed by atoms with van der Waals surface area (Å²) in [7, 11) is 0. The Balaban J connectivity index is 1.99. The van der Waals surface area contributed by atoms with Crippen LogP contribution in [0.25, 0.3) is 0 Å². The molecular weight excluding hydrogens is 242 g/mol. The van der Waals surface area contributed by atoms with Crippen molar-refractivity contribution in [2.75, 3.05) is 25.4 Å². The number of amides is 1. The third-order valence-electron chi connectivity index (χ3n) is 3.23. The van der Waals surface area contributed by atoms with E-state index in [-0.39, 0.29) is 12.0 Å². The molecule has 2 N–H and O–H groups in total. The molecule has 5 heteroatoms. The van der Waals surface area contributed by atoms with Crippen LogP contribution in [0.2, 0.25) is 0 Å². The van der Waals surface area contributed by atoms with E-state index in [2.05, 4.69) is 11.9 Å². The second-order valence-electron chi connectivity index (χ2n) is 4.86. The molecule has 1 amide bonds. The van der Waals surface area contributed by atoms with Gasteiger partial charge < -0.3 is 15.4 Å². The maximum atomic E-state index is 12.3. The van der Waals surface area contributed by atoms with Crippen molar-refractivity contribution in [3.8, 4) is 0 Å². The van der Waals surface area contributed by atoms with Gasteiger partial charge in [-0.25, -0.2) is 0 Å². The number of carbonyl (C=O) groups is 1. The highest BCUT2D eigenvalue weighted by Gasteiger charge is 2.25. The molecule has 1 fully saturated rings. The van der Waals surface area contributed by atoms with E-state index in [0.717, 1.165) is 32.4 Å². The number of nitrogen functional groups attached to an aromatic ring is 1. The average Bonchev–Trinajstić information content (AvgIpc) is 2.44. The molecule has 0 radical (unpaired) electrons. The number of aromatic nitrogens is 1. The van der Waals surface area contributed by atoms with Crippen molar-refractivity contribution in [1.29, 1.82) is 0 Å². The fraction of sp³-hybridized carbons (Fsp3) is 0.571. The second-order valence-corrected chi connectivity index (χ2v) is 4.86. The summed E-state index contributed by atoms with van der Waals surface area (Å²) in [4.78, 5) is 18.2. The number of ether oxygens (including phenoxy) is 1. The number of piperidine rings is 1. The van der Waals surface area contributed by atoms with Crippen molar-refractivity contribution >= 4 is 11.6 Å². The lowest BCUT2D eigenvalue weighted by Gasteiger charge is -2.32. The minimum Gasteiger partial charge on any atom is -0.399 e. The molecular formula is C14H21N3O2. The van der Waals surface area contributed by atoms with Crippen molar-refractivity contribution in [1.82, 2.24) is 9.88 Å². The third-order valence-corrected chi connectivity index (χ3v) is 3.23. The third kappa shape index (κ3) is 3.67. The standard InChI is InChI=1S/C14H21N3O2/c1-2-8-19-12-4-3-7-17(10-12)14(18)13-9-11(15)5-6-16-13/h5-6,9,12H,2-4,7-8,10H2,1H3,(H2,15,16). The normalized spacial score (nSPS) is 19.4. The molecule has 2 rings (SSSR count). The first-order valence-corrected chi connectivity index (χ1v) is 6.83. The molecule has 1 aliphatic heterocycles. The molecule has 1 unspecified atom stereocenters. The molecule has 0 aromatic carbocycles. The van der Waals surface area contributed by atoms with Gasteiger partial charge in [0.15, 0.2) is 0 Å². The van der Waals surface area contributed by atoms with E-state index in [9.17, 15) is 4.79 Å². The van der Waals surface area contributed by atoms with Crippen LogP contribution in [0.1, 0.15) is 36.7 Å². The van der Waals surface area contributed by atoms with Gasteiger partial charge in [-0.2, -0.15) is 0 Å². The highest BCUT2D eigenvalue weighted by molar-refractivity contribution is 5.93. The first kappa shape index (κ1) is 13.8. The molecule has 1 aliphatic rings. The lowest BCUT2D eigenvalue weighted by Crippen LogP contribution is -2.43. The van der Waals surface area contributed by atoms with Crippen molar-refractivity contribution in [3.05, 3.63) is 24.0 Å². The van der Waals surface area contributed by atoms with Gasteiger partial charge in [0.2, 0.25) is 0 Å². The molecule has 104 valence electrons. The summed E-state index contributed by atoms with van der Waals surface area (Å²) in [6.07, 6.45) is 4.72. The molecule has 0 saturated carbocycles. The van der Waals surface area contributed by atoms with Crippen LogP contribution in [-0.2, 0) is 4.74 Å². The number of carbonyl (C=O) groups excluding carboxylic acids is 1. The zero-order chi connectivity index (χ0) is 13.7. The van der Waals surface area contributed by atoms with Gasteiger partial charge in [-0.05, 0) is 31.4 Å². The van der Waals surface area contributed by atoms with E-state index in [1.807, 2.05) is 4.90 Å². The zero-order valence-electron chi connectivity index (χ0n) is 11.3. The van der Waals surface area contributed by atoms with Gasteiger partial charge in [0.05, 0.1) is 6.10 Å². The summed E-state index contributed by atoms with van der Waals surface area (Å²) < 4.78 is 5.73. The molecule has 5 nitrogen and oxygen atoms in total. The van der Waals surface area contributed by atoms with Gasteiger partial charge in [0, 0.05) is 31.6 Å². The van der Waals surface area contributed by atoms with Crippen molar-refractivity contribution < 1.29 is 9.53 Å².